The molecule has 1 rings (SSSR count). The Bertz CT molecular complexity index is 390. The van der Waals surface area contributed by atoms with Crippen LogP contribution in [0.2, 0.25) is 0 Å². The third kappa shape index (κ3) is 5.93. The summed E-state index contributed by atoms with van der Waals surface area (Å²) in [5.74, 6) is 0. The van der Waals surface area contributed by atoms with Gasteiger partial charge in [-0.3, -0.25) is 4.79 Å². The lowest BCUT2D eigenvalue weighted by Crippen LogP contribution is -2.29. The van der Waals surface area contributed by atoms with Gasteiger partial charge >= 0.3 is 0 Å². The van der Waals surface area contributed by atoms with Crippen molar-refractivity contribution in [1.29, 1.82) is 0 Å². The van der Waals surface area contributed by atoms with E-state index in [1.165, 1.54) is 4.68 Å². The van der Waals surface area contributed by atoms with Gasteiger partial charge in [0.2, 0.25) is 0 Å². The van der Waals surface area contributed by atoms with Crippen LogP contribution in [0.4, 0.5) is 0 Å². The molecule has 0 saturated heterocycles. The highest BCUT2D eigenvalue weighted by Gasteiger charge is 1.97. The molecule has 0 fully saturated rings. The van der Waals surface area contributed by atoms with Crippen LogP contribution in [0.5, 0.6) is 0 Å². The first-order valence-electron chi connectivity index (χ1n) is 6.57. The number of ether oxygens (including phenoxy) is 1. The van der Waals surface area contributed by atoms with E-state index in [-0.39, 0.29) is 5.56 Å². The number of nitrogens with one attached hydrogen (secondary N) is 1. The molecule has 0 spiro atoms. The Balaban J connectivity index is 2.11. The van der Waals surface area contributed by atoms with Gasteiger partial charge in [-0.15, -0.1) is 0 Å². The van der Waals surface area contributed by atoms with Crippen molar-refractivity contribution in [2.75, 3.05) is 26.3 Å². The summed E-state index contributed by atoms with van der Waals surface area (Å²) in [5, 5.41) is 7.48. The minimum absolute atomic E-state index is 0.0428. The lowest BCUT2D eigenvalue weighted by Gasteiger charge is -2.07. The fraction of sp³-hybridized carbons (Fsp3) is 0.692. The van der Waals surface area contributed by atoms with Gasteiger partial charge in [0.05, 0.1) is 12.2 Å². The van der Waals surface area contributed by atoms with Gasteiger partial charge in [0.1, 0.15) is 0 Å². The summed E-state index contributed by atoms with van der Waals surface area (Å²) in [5.41, 5.74) is 0.824. The van der Waals surface area contributed by atoms with Gasteiger partial charge in [-0.2, -0.15) is 5.10 Å². The van der Waals surface area contributed by atoms with Crippen LogP contribution in [0.25, 0.3) is 0 Å². The van der Waals surface area contributed by atoms with Crippen LogP contribution in [0.15, 0.2) is 16.9 Å². The minimum atomic E-state index is -0.0428. The molecule has 0 aliphatic rings. The lowest BCUT2D eigenvalue weighted by atomic mass is 10.3. The van der Waals surface area contributed by atoms with Gasteiger partial charge in [-0.25, -0.2) is 4.68 Å². The van der Waals surface area contributed by atoms with Crippen molar-refractivity contribution >= 4 is 0 Å². The van der Waals surface area contributed by atoms with E-state index in [0.717, 1.165) is 44.8 Å². The quantitative estimate of drug-likeness (QED) is 0.666. The Morgan fingerprint density at radius 1 is 1.33 bits per heavy atom. The smallest absolute Gasteiger partial charge is 0.266 e. The monoisotopic (exact) mass is 253 g/mol. The summed E-state index contributed by atoms with van der Waals surface area (Å²) in [6, 6.07) is 3.30. The second-order valence-corrected chi connectivity index (χ2v) is 4.19. The third-order valence-electron chi connectivity index (χ3n) is 2.60. The molecular weight excluding hydrogens is 230 g/mol. The molecular formula is C13H23N3O2. The molecule has 5 nitrogen and oxygen atoms in total. The molecule has 0 bridgehead atoms. The van der Waals surface area contributed by atoms with Crippen LogP contribution < -0.4 is 10.9 Å². The van der Waals surface area contributed by atoms with E-state index in [1.807, 2.05) is 13.8 Å². The van der Waals surface area contributed by atoms with Gasteiger partial charge in [0, 0.05) is 25.8 Å². The molecule has 102 valence electrons. The maximum absolute atomic E-state index is 11.5. The molecule has 1 heterocycles. The van der Waals surface area contributed by atoms with Gasteiger partial charge in [-0.1, -0.05) is 0 Å². The molecule has 1 aromatic rings. The van der Waals surface area contributed by atoms with E-state index in [4.69, 9.17) is 4.74 Å². The zero-order valence-electron chi connectivity index (χ0n) is 11.3. The second kappa shape index (κ2) is 8.83. The normalized spacial score (nSPS) is 10.8. The Kier molecular flexibility index (Phi) is 7.29. The zero-order chi connectivity index (χ0) is 13.2. The summed E-state index contributed by atoms with van der Waals surface area (Å²) in [6.07, 6.45) is 2.17. The Hall–Kier alpha value is -1.20. The van der Waals surface area contributed by atoms with Crippen LogP contribution in [0, 0.1) is 6.92 Å². The first-order valence-corrected chi connectivity index (χ1v) is 6.57. The molecule has 0 aliphatic carbocycles. The summed E-state index contributed by atoms with van der Waals surface area (Å²) in [7, 11) is 0. The van der Waals surface area contributed by atoms with Crippen molar-refractivity contribution in [3.63, 3.8) is 0 Å². The van der Waals surface area contributed by atoms with Crippen LogP contribution in [-0.2, 0) is 11.3 Å². The van der Waals surface area contributed by atoms with Crippen molar-refractivity contribution in [3.05, 3.63) is 28.2 Å². The fourth-order valence-corrected chi connectivity index (χ4v) is 1.62. The molecule has 5 heteroatoms. The largest absolute Gasteiger partial charge is 0.382 e. The van der Waals surface area contributed by atoms with Gasteiger partial charge in [0.15, 0.2) is 0 Å². The highest BCUT2D eigenvalue weighted by Crippen LogP contribution is 1.88. The summed E-state index contributed by atoms with van der Waals surface area (Å²) in [4.78, 5) is 11.5. The third-order valence-corrected chi connectivity index (χ3v) is 2.60. The molecule has 0 aromatic carbocycles. The van der Waals surface area contributed by atoms with E-state index in [9.17, 15) is 4.79 Å². The standard InChI is InChI=1S/C13H23N3O2/c1-3-18-11-5-4-8-14-9-10-16-13(17)7-6-12(2)15-16/h6-7,14H,3-5,8-11H2,1-2H3. The number of hydrogen-bond acceptors (Lipinski definition) is 4. The van der Waals surface area contributed by atoms with Crippen LogP contribution in [0.1, 0.15) is 25.5 Å². The minimum Gasteiger partial charge on any atom is -0.382 e. The first kappa shape index (κ1) is 14.9. The summed E-state index contributed by atoms with van der Waals surface area (Å²) in [6.45, 7) is 7.85. The van der Waals surface area contributed by atoms with Crippen molar-refractivity contribution in [1.82, 2.24) is 15.1 Å². The highest BCUT2D eigenvalue weighted by molar-refractivity contribution is 4.96. The zero-order valence-corrected chi connectivity index (χ0v) is 11.3. The van der Waals surface area contributed by atoms with Gasteiger partial charge in [-0.05, 0) is 39.3 Å². The fourth-order valence-electron chi connectivity index (χ4n) is 1.62. The molecule has 1 aromatic heterocycles. The molecule has 0 amide bonds. The van der Waals surface area contributed by atoms with E-state index >= 15 is 0 Å². The molecule has 0 saturated carbocycles. The number of unbranched alkanes of at least 4 members (excludes halogenated alkanes) is 1. The second-order valence-electron chi connectivity index (χ2n) is 4.19. The highest BCUT2D eigenvalue weighted by atomic mass is 16.5. The van der Waals surface area contributed by atoms with Crippen LogP contribution in [0.3, 0.4) is 0 Å². The van der Waals surface area contributed by atoms with Crippen molar-refractivity contribution < 1.29 is 4.74 Å². The molecule has 0 unspecified atom stereocenters. The summed E-state index contributed by atoms with van der Waals surface area (Å²) < 4.78 is 6.76. The van der Waals surface area contributed by atoms with E-state index in [1.54, 1.807) is 12.1 Å². The van der Waals surface area contributed by atoms with Crippen LogP contribution in [-0.4, -0.2) is 36.1 Å². The Labute approximate surface area is 108 Å². The number of aromatic nitrogens is 2. The maximum Gasteiger partial charge on any atom is 0.266 e. The molecule has 1 N–H and O–H groups in total. The van der Waals surface area contributed by atoms with Crippen molar-refractivity contribution in [3.8, 4) is 0 Å². The van der Waals surface area contributed by atoms with E-state index in [2.05, 4.69) is 10.4 Å². The number of aryl methyl sites for hydroxylation is 1. The molecule has 18 heavy (non-hydrogen) atoms. The average Bonchev–Trinajstić information content (AvgIpc) is 2.36. The number of nitrogens with zero attached hydrogens (tertiary/aromatic N) is 2. The van der Waals surface area contributed by atoms with E-state index < -0.39 is 0 Å². The maximum atomic E-state index is 11.5. The SMILES string of the molecule is CCOCCCCNCCn1nc(C)ccc1=O. The topological polar surface area (TPSA) is 56.1 Å². The Morgan fingerprint density at radius 3 is 2.94 bits per heavy atom. The molecule has 0 aliphatic heterocycles. The van der Waals surface area contributed by atoms with E-state index in [0.29, 0.717) is 6.54 Å². The predicted octanol–water partition coefficient (Wildman–Crippen LogP) is 0.958. The molecule has 0 atom stereocenters. The Morgan fingerprint density at radius 2 is 2.17 bits per heavy atom. The number of hydrogen-bond donors (Lipinski definition) is 1. The number of rotatable bonds is 9. The first-order chi connectivity index (χ1) is 8.74. The van der Waals surface area contributed by atoms with Crippen molar-refractivity contribution in [2.45, 2.75) is 33.2 Å². The van der Waals surface area contributed by atoms with Crippen molar-refractivity contribution in [2.24, 2.45) is 0 Å². The van der Waals surface area contributed by atoms with Crippen LogP contribution >= 0.6 is 0 Å². The summed E-state index contributed by atoms with van der Waals surface area (Å²) >= 11 is 0. The van der Waals surface area contributed by atoms with Gasteiger partial charge < -0.3 is 10.1 Å². The van der Waals surface area contributed by atoms with Gasteiger partial charge in [0.25, 0.3) is 5.56 Å². The molecule has 0 radical (unpaired) electrons. The average molecular weight is 253 g/mol. The predicted molar refractivity (Wildman–Crippen MR) is 71.8 cm³/mol. The lowest BCUT2D eigenvalue weighted by molar-refractivity contribution is 0.143.